The van der Waals surface area contributed by atoms with Gasteiger partial charge in [0, 0.05) is 56.2 Å². The van der Waals surface area contributed by atoms with Crippen LogP contribution in [-0.2, 0) is 38.4 Å². The average Bonchev–Trinajstić information content (AvgIpc) is 2.67. The van der Waals surface area contributed by atoms with Crippen LogP contribution in [0.3, 0.4) is 0 Å². The molecule has 0 aromatic carbocycles. The Morgan fingerprint density at radius 2 is 0.903 bits per heavy atom. The highest BCUT2D eigenvalue weighted by Crippen LogP contribution is 2.70. The molecule has 190 valence electrons. The van der Waals surface area contributed by atoms with E-state index in [4.69, 9.17) is 50.6 Å². The lowest BCUT2D eigenvalue weighted by Crippen LogP contribution is -2.46. The van der Waals surface area contributed by atoms with Crippen LogP contribution in [0.1, 0.15) is 54.4 Å². The molecule has 0 aromatic rings. The first-order valence-corrected chi connectivity index (χ1v) is 22.3. The van der Waals surface area contributed by atoms with Crippen molar-refractivity contribution in [1.29, 1.82) is 0 Å². The summed E-state index contributed by atoms with van der Waals surface area (Å²) in [4.78, 5) is 0. The molecule has 0 saturated carbocycles. The molecule has 0 aliphatic rings. The van der Waals surface area contributed by atoms with Crippen LogP contribution in [0.15, 0.2) is 0 Å². The van der Waals surface area contributed by atoms with Crippen molar-refractivity contribution in [3.05, 3.63) is 0 Å². The molecule has 0 aromatic heterocycles. The van der Waals surface area contributed by atoms with E-state index in [2.05, 4.69) is 6.66 Å². The highest BCUT2D eigenvalue weighted by atomic mass is 33.2. The predicted molar refractivity (Wildman–Crippen MR) is 148 cm³/mol. The van der Waals surface area contributed by atoms with Crippen molar-refractivity contribution in [2.45, 2.75) is 66.5 Å². The maximum Gasteiger partial charge on any atom is 0.500 e. The highest BCUT2D eigenvalue weighted by molar-refractivity contribution is 9.01. The molecule has 0 heterocycles. The second-order valence-electron chi connectivity index (χ2n) is 6.96. The molecule has 1 unspecified atom stereocenters. The van der Waals surface area contributed by atoms with E-state index in [1.165, 1.54) is 0 Å². The summed E-state index contributed by atoms with van der Waals surface area (Å²) < 4.78 is 34.4. The summed E-state index contributed by atoms with van der Waals surface area (Å²) >= 11 is 10.7. The van der Waals surface area contributed by atoms with Gasteiger partial charge >= 0.3 is 17.6 Å². The lowest BCUT2D eigenvalue weighted by Gasteiger charge is -2.33. The molecule has 0 aliphatic carbocycles. The quantitative estimate of drug-likeness (QED) is 0.107. The van der Waals surface area contributed by atoms with E-state index in [0.717, 1.165) is 36.4 Å². The molecule has 6 nitrogen and oxygen atoms in total. The Morgan fingerprint density at radius 3 is 1.10 bits per heavy atom. The Labute approximate surface area is 206 Å². The second kappa shape index (κ2) is 17.9. The molecule has 0 fully saturated rings. The zero-order valence-corrected chi connectivity index (χ0v) is 26.2. The summed E-state index contributed by atoms with van der Waals surface area (Å²) in [5, 5.41) is 0. The van der Waals surface area contributed by atoms with Crippen LogP contribution in [0.25, 0.3) is 0 Å². The van der Waals surface area contributed by atoms with Crippen LogP contribution >= 0.6 is 27.2 Å². The molecule has 0 radical (unpaired) electrons. The van der Waals surface area contributed by atoms with Gasteiger partial charge in [-0.25, -0.2) is 10.5 Å². The van der Waals surface area contributed by atoms with Crippen LogP contribution in [0.5, 0.6) is 0 Å². The van der Waals surface area contributed by atoms with Crippen LogP contribution in [0.4, 0.5) is 0 Å². The molecule has 0 aliphatic heterocycles. The van der Waals surface area contributed by atoms with E-state index in [1.807, 2.05) is 41.5 Å². The Kier molecular flexibility index (Phi) is 18.8. The molecular formula is C19H47O6PS3Si2. The van der Waals surface area contributed by atoms with E-state index in [1.54, 1.807) is 0 Å². The SMILES string of the molecule is CCO[Si](CCC[SH](CCC[Si](OCC)(OCC)OCC)P(C)(=S)S)(OCC)OCC. The molecule has 12 heteroatoms. The first kappa shape index (κ1) is 32.5. The van der Waals surface area contributed by atoms with Gasteiger partial charge in [0.2, 0.25) is 0 Å². The van der Waals surface area contributed by atoms with Gasteiger partial charge in [0.15, 0.2) is 0 Å². The Hall–Kier alpha value is 1.54. The summed E-state index contributed by atoms with van der Waals surface area (Å²) in [7, 11) is -5.57. The third kappa shape index (κ3) is 13.3. The summed E-state index contributed by atoms with van der Waals surface area (Å²) in [6.45, 7) is 17.8. The van der Waals surface area contributed by atoms with Crippen LogP contribution in [-0.4, -0.2) is 75.4 Å². The largest absolute Gasteiger partial charge is 0.500 e. The maximum atomic E-state index is 6.01. The number of hydrogen-bond donors (Lipinski definition) is 2. The fourth-order valence-corrected chi connectivity index (χ4v) is 17.4. The predicted octanol–water partition coefficient (Wildman–Crippen LogP) is 5.73. The van der Waals surface area contributed by atoms with Crippen LogP contribution in [0, 0.1) is 0 Å². The number of rotatable bonds is 21. The molecule has 31 heavy (non-hydrogen) atoms. The maximum absolute atomic E-state index is 6.01. The van der Waals surface area contributed by atoms with E-state index in [0.29, 0.717) is 39.6 Å². The monoisotopic (exact) mass is 554 g/mol. The lowest BCUT2D eigenvalue weighted by atomic mass is 10.6. The van der Waals surface area contributed by atoms with Gasteiger partial charge in [-0.3, -0.25) is 0 Å². The normalized spacial score (nSPS) is 15.2. The zero-order chi connectivity index (χ0) is 23.8. The minimum Gasteiger partial charge on any atom is -0.374 e. The fourth-order valence-electron chi connectivity index (χ4n) is 3.44. The Bertz CT molecular complexity index is 435. The van der Waals surface area contributed by atoms with Gasteiger partial charge in [-0.15, -0.1) is 12.2 Å². The smallest absolute Gasteiger partial charge is 0.374 e. The lowest BCUT2D eigenvalue weighted by molar-refractivity contribution is 0.0705. The summed E-state index contributed by atoms with van der Waals surface area (Å²) in [5.41, 5.74) is 0. The van der Waals surface area contributed by atoms with Crippen molar-refractivity contribution in [3.63, 3.8) is 0 Å². The minimum atomic E-state index is -2.60. The van der Waals surface area contributed by atoms with Crippen molar-refractivity contribution >= 4 is 56.6 Å². The van der Waals surface area contributed by atoms with Gasteiger partial charge in [0.25, 0.3) is 0 Å². The molecule has 1 atom stereocenters. The molecule has 0 spiro atoms. The third-order valence-electron chi connectivity index (χ3n) is 4.51. The minimum absolute atomic E-state index is 0.362. The van der Waals surface area contributed by atoms with Gasteiger partial charge in [-0.2, -0.15) is 0 Å². The van der Waals surface area contributed by atoms with Gasteiger partial charge < -0.3 is 26.6 Å². The third-order valence-corrected chi connectivity index (χ3v) is 22.2. The van der Waals surface area contributed by atoms with Crippen LogP contribution in [0.2, 0.25) is 12.1 Å². The molecule has 0 bridgehead atoms. The van der Waals surface area contributed by atoms with Crippen molar-refractivity contribution < 1.29 is 26.6 Å². The zero-order valence-electron chi connectivity index (χ0n) is 20.7. The van der Waals surface area contributed by atoms with Crippen LogP contribution < -0.4 is 0 Å². The van der Waals surface area contributed by atoms with E-state index in [9.17, 15) is 0 Å². The topological polar surface area (TPSA) is 55.4 Å². The van der Waals surface area contributed by atoms with E-state index in [-0.39, 0.29) is 10.5 Å². The highest BCUT2D eigenvalue weighted by Gasteiger charge is 2.41. The first-order valence-electron chi connectivity index (χ1n) is 11.6. The summed E-state index contributed by atoms with van der Waals surface area (Å²) in [6, 6.07) is 1.67. The first-order chi connectivity index (χ1) is 14.7. The van der Waals surface area contributed by atoms with Gasteiger partial charge in [0.05, 0.1) is 0 Å². The van der Waals surface area contributed by atoms with E-state index < -0.39 is 22.1 Å². The number of thiol groups is 2. The van der Waals surface area contributed by atoms with Crippen molar-refractivity contribution in [1.82, 2.24) is 0 Å². The molecule has 0 N–H and O–H groups in total. The van der Waals surface area contributed by atoms with Gasteiger partial charge in [0.1, 0.15) is 0 Å². The van der Waals surface area contributed by atoms with Crippen molar-refractivity contribution in [3.8, 4) is 0 Å². The fraction of sp³-hybridized carbons (Fsp3) is 1.00. The summed E-state index contributed by atoms with van der Waals surface area (Å²) in [5.74, 6) is 2.14. The van der Waals surface area contributed by atoms with Crippen molar-refractivity contribution in [2.75, 3.05) is 57.8 Å². The van der Waals surface area contributed by atoms with Crippen molar-refractivity contribution in [2.24, 2.45) is 0 Å². The molecule has 0 rings (SSSR count). The average molecular weight is 555 g/mol. The van der Waals surface area contributed by atoms with Gasteiger partial charge in [-0.05, 0) is 72.6 Å². The Morgan fingerprint density at radius 1 is 0.645 bits per heavy atom. The Balaban J connectivity index is 5.03. The van der Waals surface area contributed by atoms with E-state index >= 15 is 0 Å². The second-order valence-corrected chi connectivity index (χ2v) is 27.3. The standard InChI is InChI=1S/C19H47O6PS3Si2/c1-8-20-30(21-9-2,22-10-3)18-14-16-29(26(7,27)28)17-15-19-31(23-11-4,24-12-5)25-13-6/h29H,8-19H2,1-7H3,(H,27,28). The summed E-state index contributed by atoms with van der Waals surface area (Å²) in [6.07, 6.45) is 1.99. The number of hydrogen-bond acceptors (Lipinski definition) is 7. The molecular weight excluding hydrogens is 508 g/mol. The molecule has 0 amide bonds. The molecule has 0 saturated heterocycles. The van der Waals surface area contributed by atoms with Gasteiger partial charge in [-0.1, -0.05) is 11.8 Å².